The third kappa shape index (κ3) is 4.02. The number of carbonyl (C=O) groups is 2. The maximum Gasteiger partial charge on any atom is 0.254 e. The van der Waals surface area contributed by atoms with E-state index >= 15 is 0 Å². The molecule has 136 valence electrons. The predicted octanol–water partition coefficient (Wildman–Crippen LogP) is 3.00. The van der Waals surface area contributed by atoms with Crippen molar-refractivity contribution in [2.75, 3.05) is 20.2 Å². The molecule has 26 heavy (non-hydrogen) atoms. The van der Waals surface area contributed by atoms with Crippen LogP contribution in [0.1, 0.15) is 39.1 Å². The normalized spacial score (nSPS) is 13.5. The topological polar surface area (TPSA) is 58.6 Å². The molecule has 6 heteroatoms. The van der Waals surface area contributed by atoms with Gasteiger partial charge >= 0.3 is 0 Å². The van der Waals surface area contributed by atoms with Gasteiger partial charge in [0.1, 0.15) is 11.6 Å². The fraction of sp³-hybridized carbons (Fsp3) is 0.300. The van der Waals surface area contributed by atoms with E-state index in [0.29, 0.717) is 11.3 Å². The molecule has 0 bridgehead atoms. The van der Waals surface area contributed by atoms with Crippen molar-refractivity contribution in [3.63, 3.8) is 0 Å². The Balaban J connectivity index is 1.65. The molecule has 5 nitrogen and oxygen atoms in total. The second kappa shape index (κ2) is 7.99. The number of hydrogen-bond donors (Lipinski definition) is 1. The Morgan fingerprint density at radius 2 is 1.92 bits per heavy atom. The first kappa shape index (κ1) is 17.9. The van der Waals surface area contributed by atoms with Crippen molar-refractivity contribution in [1.82, 2.24) is 10.2 Å². The summed E-state index contributed by atoms with van der Waals surface area (Å²) in [6.45, 7) is 1.79. The number of benzene rings is 2. The molecule has 2 amide bonds. The van der Waals surface area contributed by atoms with Gasteiger partial charge in [0.2, 0.25) is 0 Å². The highest BCUT2D eigenvalue weighted by atomic mass is 19.1. The summed E-state index contributed by atoms with van der Waals surface area (Å²) in [5.74, 6) is -0.787. The lowest BCUT2D eigenvalue weighted by molar-refractivity contribution is 0.0792. The van der Waals surface area contributed by atoms with E-state index in [1.165, 1.54) is 25.3 Å². The van der Waals surface area contributed by atoms with Crippen molar-refractivity contribution in [3.8, 4) is 5.75 Å². The molecule has 1 aliphatic rings. The summed E-state index contributed by atoms with van der Waals surface area (Å²) in [5.41, 5.74) is 1.35. The molecule has 1 N–H and O–H groups in total. The van der Waals surface area contributed by atoms with E-state index in [9.17, 15) is 14.0 Å². The maximum absolute atomic E-state index is 14.0. The molecule has 1 aliphatic heterocycles. The second-order valence-electron chi connectivity index (χ2n) is 6.23. The van der Waals surface area contributed by atoms with Crippen LogP contribution in [-0.2, 0) is 6.54 Å². The molecule has 2 aromatic rings. The number of methoxy groups -OCH3 is 1. The number of nitrogens with zero attached hydrogens (tertiary/aromatic N) is 1. The minimum atomic E-state index is -0.639. The van der Waals surface area contributed by atoms with E-state index in [2.05, 4.69) is 5.32 Å². The minimum Gasteiger partial charge on any atom is -0.497 e. The van der Waals surface area contributed by atoms with Crippen LogP contribution in [0.15, 0.2) is 42.5 Å². The number of nitrogens with one attached hydrogen (secondary N) is 1. The van der Waals surface area contributed by atoms with Gasteiger partial charge in [-0.15, -0.1) is 0 Å². The molecule has 1 saturated heterocycles. The molecular weight excluding hydrogens is 335 g/mol. The smallest absolute Gasteiger partial charge is 0.254 e. The van der Waals surface area contributed by atoms with Crippen molar-refractivity contribution in [3.05, 3.63) is 65.0 Å². The van der Waals surface area contributed by atoms with E-state index in [1.807, 2.05) is 11.0 Å². The van der Waals surface area contributed by atoms with Gasteiger partial charge in [0.15, 0.2) is 0 Å². The molecule has 0 spiro atoms. The summed E-state index contributed by atoms with van der Waals surface area (Å²) in [7, 11) is 1.44. The van der Waals surface area contributed by atoms with Crippen LogP contribution in [0, 0.1) is 5.82 Å². The summed E-state index contributed by atoms with van der Waals surface area (Å²) < 4.78 is 18.9. The number of hydrogen-bond acceptors (Lipinski definition) is 3. The van der Waals surface area contributed by atoms with Gasteiger partial charge in [-0.05, 0) is 42.7 Å². The van der Waals surface area contributed by atoms with Gasteiger partial charge in [0, 0.05) is 31.3 Å². The van der Waals surface area contributed by atoms with Crippen molar-refractivity contribution < 1.29 is 18.7 Å². The lowest BCUT2D eigenvalue weighted by Gasteiger charge is -2.15. The van der Waals surface area contributed by atoms with Gasteiger partial charge in [-0.3, -0.25) is 9.59 Å². The van der Waals surface area contributed by atoms with Crippen LogP contribution in [-0.4, -0.2) is 36.9 Å². The molecule has 2 aromatic carbocycles. The lowest BCUT2D eigenvalue weighted by Crippen LogP contribution is -2.28. The highest BCUT2D eigenvalue weighted by Gasteiger charge is 2.19. The number of halogens is 1. The SMILES string of the molecule is COc1ccc(C(=O)NCc2cccc(C(=O)N3CCCC3)c2)c(F)c1. The van der Waals surface area contributed by atoms with Gasteiger partial charge in [-0.2, -0.15) is 0 Å². The van der Waals surface area contributed by atoms with Crippen LogP contribution < -0.4 is 10.1 Å². The van der Waals surface area contributed by atoms with Crippen molar-refractivity contribution in [2.45, 2.75) is 19.4 Å². The Bertz CT molecular complexity index is 816. The highest BCUT2D eigenvalue weighted by Crippen LogP contribution is 2.17. The molecule has 1 heterocycles. The van der Waals surface area contributed by atoms with Crippen molar-refractivity contribution >= 4 is 11.8 Å². The second-order valence-corrected chi connectivity index (χ2v) is 6.23. The average molecular weight is 356 g/mol. The molecule has 1 fully saturated rings. The first-order chi connectivity index (χ1) is 12.6. The zero-order valence-corrected chi connectivity index (χ0v) is 14.6. The van der Waals surface area contributed by atoms with E-state index in [4.69, 9.17) is 4.74 Å². The Labute approximate surface area is 151 Å². The van der Waals surface area contributed by atoms with Gasteiger partial charge in [-0.25, -0.2) is 4.39 Å². The monoisotopic (exact) mass is 356 g/mol. The minimum absolute atomic E-state index is 0.0110. The van der Waals surface area contributed by atoms with Gasteiger partial charge < -0.3 is 15.0 Å². The van der Waals surface area contributed by atoms with Gasteiger partial charge in [-0.1, -0.05) is 12.1 Å². The van der Waals surface area contributed by atoms with E-state index in [1.54, 1.807) is 18.2 Å². The Hall–Kier alpha value is -2.89. The fourth-order valence-electron chi connectivity index (χ4n) is 3.00. The molecule has 0 aliphatic carbocycles. The number of ether oxygens (including phenoxy) is 1. The highest BCUT2D eigenvalue weighted by molar-refractivity contribution is 5.95. The van der Waals surface area contributed by atoms with Crippen LogP contribution in [0.2, 0.25) is 0 Å². The fourth-order valence-corrected chi connectivity index (χ4v) is 3.00. The number of carbonyl (C=O) groups excluding carboxylic acids is 2. The zero-order valence-electron chi connectivity index (χ0n) is 14.6. The Morgan fingerprint density at radius 3 is 2.62 bits per heavy atom. The molecule has 0 aromatic heterocycles. The van der Waals surface area contributed by atoms with Crippen molar-refractivity contribution in [2.24, 2.45) is 0 Å². The number of amides is 2. The molecular formula is C20H21FN2O3. The standard InChI is InChI=1S/C20H21FN2O3/c1-26-16-7-8-17(18(21)12-16)19(24)22-13-14-5-4-6-15(11-14)20(25)23-9-2-3-10-23/h4-8,11-12H,2-3,9-10,13H2,1H3,(H,22,24). The molecule has 0 atom stereocenters. The van der Waals surface area contributed by atoms with Gasteiger partial charge in [0.05, 0.1) is 12.7 Å². The van der Waals surface area contributed by atoms with Crippen LogP contribution in [0.4, 0.5) is 4.39 Å². The molecule has 3 rings (SSSR count). The molecule has 0 radical (unpaired) electrons. The molecule has 0 unspecified atom stereocenters. The third-order valence-corrected chi connectivity index (χ3v) is 4.44. The quantitative estimate of drug-likeness (QED) is 0.896. The van der Waals surface area contributed by atoms with Gasteiger partial charge in [0.25, 0.3) is 11.8 Å². The first-order valence-electron chi connectivity index (χ1n) is 8.58. The lowest BCUT2D eigenvalue weighted by atomic mass is 10.1. The largest absolute Gasteiger partial charge is 0.497 e. The number of likely N-dealkylation sites (tertiary alicyclic amines) is 1. The van der Waals surface area contributed by atoms with Crippen LogP contribution >= 0.6 is 0 Å². The average Bonchev–Trinajstić information content (AvgIpc) is 3.20. The van der Waals surface area contributed by atoms with E-state index in [0.717, 1.165) is 31.5 Å². The maximum atomic E-state index is 14.0. The summed E-state index contributed by atoms with van der Waals surface area (Å²) in [6, 6.07) is 11.2. The summed E-state index contributed by atoms with van der Waals surface area (Å²) in [4.78, 5) is 26.5. The Morgan fingerprint density at radius 1 is 1.15 bits per heavy atom. The summed E-state index contributed by atoms with van der Waals surface area (Å²) >= 11 is 0. The first-order valence-corrected chi connectivity index (χ1v) is 8.58. The van der Waals surface area contributed by atoms with Crippen molar-refractivity contribution in [1.29, 1.82) is 0 Å². The summed E-state index contributed by atoms with van der Waals surface area (Å²) in [5, 5.41) is 2.68. The Kier molecular flexibility index (Phi) is 5.51. The van der Waals surface area contributed by atoms with E-state index in [-0.39, 0.29) is 18.0 Å². The molecule has 0 saturated carbocycles. The van der Waals surface area contributed by atoms with E-state index < -0.39 is 11.7 Å². The summed E-state index contributed by atoms with van der Waals surface area (Å²) in [6.07, 6.45) is 2.07. The van der Waals surface area contributed by atoms with Crippen LogP contribution in [0.5, 0.6) is 5.75 Å². The van der Waals surface area contributed by atoms with Crippen LogP contribution in [0.3, 0.4) is 0 Å². The van der Waals surface area contributed by atoms with Crippen LogP contribution in [0.25, 0.3) is 0 Å². The predicted molar refractivity (Wildman–Crippen MR) is 95.7 cm³/mol. The zero-order chi connectivity index (χ0) is 18.5. The number of rotatable bonds is 5. The third-order valence-electron chi connectivity index (χ3n) is 4.44.